The van der Waals surface area contributed by atoms with Crippen LogP contribution in [0.15, 0.2) is 35.7 Å². The number of carbonyl (C=O) groups excluding carboxylic acids is 2. The van der Waals surface area contributed by atoms with Crippen molar-refractivity contribution in [3.63, 3.8) is 0 Å². The highest BCUT2D eigenvalue weighted by Crippen LogP contribution is 2.23. The first-order chi connectivity index (χ1) is 9.08. The first-order valence-corrected chi connectivity index (χ1v) is 7.26. The van der Waals surface area contributed by atoms with Gasteiger partial charge in [0.05, 0.1) is 14.9 Å². The Morgan fingerprint density at radius 3 is 2.37 bits per heavy atom. The van der Waals surface area contributed by atoms with Crippen molar-refractivity contribution in [3.8, 4) is 0 Å². The summed E-state index contributed by atoms with van der Waals surface area (Å²) in [5.41, 5.74) is 0.480. The molecule has 2 nitrogen and oxygen atoms in total. The number of rotatable bonds is 5. The van der Waals surface area contributed by atoms with Gasteiger partial charge < -0.3 is 0 Å². The Bertz CT molecular complexity index is 606. The molecule has 5 heteroatoms. The summed E-state index contributed by atoms with van der Waals surface area (Å²) >= 11 is 13.0. The average Bonchev–Trinajstić information content (AvgIpc) is 2.92. The lowest BCUT2D eigenvalue weighted by atomic mass is 10.0. The molecule has 0 bridgehead atoms. The number of hydrogen-bond donors (Lipinski definition) is 0. The fraction of sp³-hybridized carbons (Fsp3) is 0.143. The number of hydrogen-bond acceptors (Lipinski definition) is 3. The molecule has 0 saturated carbocycles. The van der Waals surface area contributed by atoms with Gasteiger partial charge in [-0.25, -0.2) is 0 Å². The molecule has 2 aromatic rings. The van der Waals surface area contributed by atoms with Crippen LogP contribution in [0.5, 0.6) is 0 Å². The van der Waals surface area contributed by atoms with Gasteiger partial charge in [-0.3, -0.25) is 9.59 Å². The molecule has 0 spiro atoms. The third kappa shape index (κ3) is 3.66. The monoisotopic (exact) mass is 312 g/mol. The normalized spacial score (nSPS) is 10.4. The third-order valence-corrected chi connectivity index (χ3v) is 4.27. The number of carbonyl (C=O) groups is 2. The second-order valence-electron chi connectivity index (χ2n) is 3.95. The molecular formula is C14H10Cl2O2S. The third-order valence-electron chi connectivity index (χ3n) is 2.62. The summed E-state index contributed by atoms with van der Waals surface area (Å²) in [7, 11) is 0. The van der Waals surface area contributed by atoms with E-state index in [2.05, 4.69) is 0 Å². The minimum Gasteiger partial charge on any atom is -0.294 e. The van der Waals surface area contributed by atoms with Crippen LogP contribution < -0.4 is 0 Å². The first kappa shape index (κ1) is 14.3. The van der Waals surface area contributed by atoms with Crippen LogP contribution in [-0.2, 0) is 0 Å². The van der Waals surface area contributed by atoms with Crippen molar-refractivity contribution in [2.75, 3.05) is 0 Å². The maximum atomic E-state index is 11.9. The first-order valence-electron chi connectivity index (χ1n) is 5.63. The summed E-state index contributed by atoms with van der Waals surface area (Å²) in [6, 6.07) is 8.31. The Kier molecular flexibility index (Phi) is 4.75. The van der Waals surface area contributed by atoms with E-state index >= 15 is 0 Å². The zero-order valence-electron chi connectivity index (χ0n) is 9.86. The molecule has 0 aliphatic heterocycles. The van der Waals surface area contributed by atoms with Gasteiger partial charge in [0, 0.05) is 18.4 Å². The quantitative estimate of drug-likeness (QED) is 0.736. The van der Waals surface area contributed by atoms with E-state index in [1.54, 1.807) is 18.2 Å². The second-order valence-corrected chi connectivity index (χ2v) is 5.71. The molecule has 0 amide bonds. The van der Waals surface area contributed by atoms with Crippen molar-refractivity contribution in [2.45, 2.75) is 12.8 Å². The summed E-state index contributed by atoms with van der Waals surface area (Å²) in [6.45, 7) is 0. The maximum absolute atomic E-state index is 11.9. The molecule has 0 radical (unpaired) electrons. The Morgan fingerprint density at radius 1 is 1.00 bits per heavy atom. The van der Waals surface area contributed by atoms with E-state index < -0.39 is 0 Å². The van der Waals surface area contributed by atoms with Gasteiger partial charge in [0.15, 0.2) is 11.6 Å². The lowest BCUT2D eigenvalue weighted by Crippen LogP contribution is -2.04. The van der Waals surface area contributed by atoms with Crippen molar-refractivity contribution in [1.29, 1.82) is 0 Å². The van der Waals surface area contributed by atoms with Crippen LogP contribution in [0.2, 0.25) is 10.0 Å². The molecule has 0 aliphatic rings. The predicted molar refractivity (Wildman–Crippen MR) is 78.7 cm³/mol. The van der Waals surface area contributed by atoms with Crippen LogP contribution in [0.4, 0.5) is 0 Å². The number of halogens is 2. The topological polar surface area (TPSA) is 34.1 Å². The smallest absolute Gasteiger partial charge is 0.173 e. The van der Waals surface area contributed by atoms with Gasteiger partial charge >= 0.3 is 0 Å². The van der Waals surface area contributed by atoms with Gasteiger partial charge in [-0.1, -0.05) is 29.3 Å². The highest BCUT2D eigenvalue weighted by atomic mass is 35.5. The molecule has 98 valence electrons. The van der Waals surface area contributed by atoms with Crippen LogP contribution in [-0.4, -0.2) is 11.6 Å². The van der Waals surface area contributed by atoms with Gasteiger partial charge in [-0.15, -0.1) is 11.3 Å². The molecule has 0 unspecified atom stereocenters. The SMILES string of the molecule is O=C(CCC(=O)c1cccs1)c1ccc(Cl)c(Cl)c1. The van der Waals surface area contributed by atoms with E-state index in [-0.39, 0.29) is 24.4 Å². The molecule has 2 rings (SSSR count). The van der Waals surface area contributed by atoms with Gasteiger partial charge in [0.1, 0.15) is 0 Å². The summed E-state index contributed by atoms with van der Waals surface area (Å²) in [4.78, 5) is 24.4. The van der Waals surface area contributed by atoms with E-state index in [4.69, 9.17) is 23.2 Å². The number of ketones is 2. The van der Waals surface area contributed by atoms with Crippen LogP contribution in [0.25, 0.3) is 0 Å². The highest BCUT2D eigenvalue weighted by molar-refractivity contribution is 7.12. The fourth-order valence-corrected chi connectivity index (χ4v) is 2.59. The minimum absolute atomic E-state index is 0.0107. The van der Waals surface area contributed by atoms with Crippen molar-refractivity contribution >= 4 is 46.1 Å². The molecule has 1 aromatic heterocycles. The Labute approximate surface area is 125 Å². The van der Waals surface area contributed by atoms with Crippen LogP contribution >= 0.6 is 34.5 Å². The Morgan fingerprint density at radius 2 is 1.74 bits per heavy atom. The van der Waals surface area contributed by atoms with Crippen molar-refractivity contribution in [3.05, 3.63) is 56.2 Å². The lowest BCUT2D eigenvalue weighted by molar-refractivity contribution is 0.0919. The fourth-order valence-electron chi connectivity index (χ4n) is 1.60. The molecule has 0 fully saturated rings. The summed E-state index contributed by atoms with van der Waals surface area (Å²) in [6.07, 6.45) is 0.383. The van der Waals surface area contributed by atoms with E-state index in [1.165, 1.54) is 17.4 Å². The van der Waals surface area contributed by atoms with Crippen LogP contribution in [0, 0.1) is 0 Å². The maximum Gasteiger partial charge on any atom is 0.173 e. The zero-order valence-corrected chi connectivity index (χ0v) is 12.2. The molecule has 0 saturated heterocycles. The molecule has 0 N–H and O–H groups in total. The lowest BCUT2D eigenvalue weighted by Gasteiger charge is -2.02. The van der Waals surface area contributed by atoms with Gasteiger partial charge in [0.25, 0.3) is 0 Å². The molecule has 1 heterocycles. The van der Waals surface area contributed by atoms with Crippen LogP contribution in [0.3, 0.4) is 0 Å². The Balaban J connectivity index is 1.98. The average molecular weight is 313 g/mol. The van der Waals surface area contributed by atoms with Gasteiger partial charge in [-0.2, -0.15) is 0 Å². The Hall–Kier alpha value is -1.16. The molecule has 1 aromatic carbocycles. The van der Waals surface area contributed by atoms with Crippen molar-refractivity contribution in [1.82, 2.24) is 0 Å². The largest absolute Gasteiger partial charge is 0.294 e. The molecule has 19 heavy (non-hydrogen) atoms. The van der Waals surface area contributed by atoms with Crippen LogP contribution in [0.1, 0.15) is 32.9 Å². The minimum atomic E-state index is -0.108. The standard InChI is InChI=1S/C14H10Cl2O2S/c15-10-4-3-9(8-11(10)16)12(17)5-6-13(18)14-2-1-7-19-14/h1-4,7-8H,5-6H2. The van der Waals surface area contributed by atoms with Crippen molar-refractivity contribution < 1.29 is 9.59 Å². The second kappa shape index (κ2) is 6.33. The molecular weight excluding hydrogens is 303 g/mol. The summed E-state index contributed by atoms with van der Waals surface area (Å²) in [5.74, 6) is -0.119. The van der Waals surface area contributed by atoms with E-state index in [0.29, 0.717) is 20.5 Å². The van der Waals surface area contributed by atoms with E-state index in [0.717, 1.165) is 0 Å². The number of thiophene rings is 1. The number of benzene rings is 1. The van der Waals surface area contributed by atoms with E-state index in [1.807, 2.05) is 11.4 Å². The summed E-state index contributed by atoms with van der Waals surface area (Å²) in [5, 5.41) is 2.60. The van der Waals surface area contributed by atoms with E-state index in [9.17, 15) is 9.59 Å². The highest BCUT2D eigenvalue weighted by Gasteiger charge is 2.12. The molecule has 0 atom stereocenters. The zero-order chi connectivity index (χ0) is 13.8. The van der Waals surface area contributed by atoms with Crippen molar-refractivity contribution in [2.24, 2.45) is 0 Å². The van der Waals surface area contributed by atoms with Gasteiger partial charge in [-0.05, 0) is 29.6 Å². The predicted octanol–water partition coefficient (Wildman–Crippen LogP) is 4.90. The number of Topliss-reactive ketones (excluding diaryl/α,β-unsaturated/α-hetero) is 2. The molecule has 0 aliphatic carbocycles. The summed E-state index contributed by atoms with van der Waals surface area (Å²) < 4.78 is 0. The van der Waals surface area contributed by atoms with Gasteiger partial charge in [0.2, 0.25) is 0 Å².